The Kier molecular flexibility index (Phi) is 3.67. The quantitative estimate of drug-likeness (QED) is 0.558. The highest BCUT2D eigenvalue weighted by Crippen LogP contribution is 2.34. The molecule has 3 rings (SSSR count). The lowest BCUT2D eigenvalue weighted by Crippen LogP contribution is -1.93. The van der Waals surface area contributed by atoms with Crippen LogP contribution in [0, 0.1) is 13.8 Å². The molecule has 0 spiro atoms. The Labute approximate surface area is 133 Å². The van der Waals surface area contributed by atoms with Crippen LogP contribution in [0.1, 0.15) is 10.4 Å². The van der Waals surface area contributed by atoms with Crippen LogP contribution in [0.2, 0.25) is 5.28 Å². The van der Waals surface area contributed by atoms with Gasteiger partial charge in [0.2, 0.25) is 11.2 Å². The zero-order chi connectivity index (χ0) is 14.3. The summed E-state index contributed by atoms with van der Waals surface area (Å²) in [7, 11) is 0. The molecule has 0 bridgehead atoms. The number of hydrogen-bond donors (Lipinski definition) is 0. The lowest BCUT2D eigenvalue weighted by atomic mass is 10.2. The van der Waals surface area contributed by atoms with Crippen LogP contribution >= 0.6 is 38.9 Å². The summed E-state index contributed by atoms with van der Waals surface area (Å²) < 4.78 is 6.94. The summed E-state index contributed by atoms with van der Waals surface area (Å²) in [6.07, 6.45) is 0. The van der Waals surface area contributed by atoms with E-state index in [-0.39, 0.29) is 5.28 Å². The Morgan fingerprint density at radius 1 is 1.20 bits per heavy atom. The van der Waals surface area contributed by atoms with E-state index in [1.807, 2.05) is 38.1 Å². The molecule has 0 saturated carbocycles. The maximum atomic E-state index is 5.96. The lowest BCUT2D eigenvalue weighted by Gasteiger charge is -2.09. The topological polar surface area (TPSA) is 35.0 Å². The minimum Gasteiger partial charge on any atom is -0.438 e. The van der Waals surface area contributed by atoms with Crippen LogP contribution < -0.4 is 4.74 Å². The minimum atomic E-state index is 0.198. The zero-order valence-corrected chi connectivity index (χ0v) is 13.9. The molecular weight excluding hydrogens is 360 g/mol. The average Bonchev–Trinajstić information content (AvgIpc) is 2.73. The fourth-order valence-electron chi connectivity index (χ4n) is 1.90. The van der Waals surface area contributed by atoms with Crippen LogP contribution in [0.4, 0.5) is 0 Å². The smallest absolute Gasteiger partial charge is 0.232 e. The van der Waals surface area contributed by atoms with Gasteiger partial charge in [-0.1, -0.05) is 15.9 Å². The van der Waals surface area contributed by atoms with Crippen LogP contribution in [-0.4, -0.2) is 9.97 Å². The van der Waals surface area contributed by atoms with E-state index in [0.717, 1.165) is 30.9 Å². The van der Waals surface area contributed by atoms with Crippen molar-refractivity contribution in [1.29, 1.82) is 0 Å². The first-order valence-electron chi connectivity index (χ1n) is 5.90. The lowest BCUT2D eigenvalue weighted by molar-refractivity contribution is 0.465. The summed E-state index contributed by atoms with van der Waals surface area (Å²) in [5, 5.41) is 1.09. The molecule has 0 unspecified atom stereocenters. The van der Waals surface area contributed by atoms with Gasteiger partial charge in [0, 0.05) is 9.35 Å². The predicted molar refractivity (Wildman–Crippen MR) is 86.1 cm³/mol. The van der Waals surface area contributed by atoms with Crippen LogP contribution in [0.25, 0.3) is 10.2 Å². The summed E-state index contributed by atoms with van der Waals surface area (Å²) in [4.78, 5) is 10.4. The molecule has 0 radical (unpaired) electrons. The van der Waals surface area contributed by atoms with Crippen molar-refractivity contribution in [3.8, 4) is 11.6 Å². The van der Waals surface area contributed by atoms with Gasteiger partial charge in [-0.3, -0.25) is 0 Å². The predicted octanol–water partition coefficient (Wildman–Crippen LogP) is 5.52. The fraction of sp³-hybridized carbons (Fsp3) is 0.143. The maximum Gasteiger partial charge on any atom is 0.232 e. The molecule has 0 saturated heterocycles. The van der Waals surface area contributed by atoms with Crippen LogP contribution in [0.3, 0.4) is 0 Å². The highest BCUT2D eigenvalue weighted by molar-refractivity contribution is 9.10. The average molecular weight is 370 g/mol. The molecule has 0 aliphatic rings. The van der Waals surface area contributed by atoms with Gasteiger partial charge in [-0.15, -0.1) is 11.3 Å². The van der Waals surface area contributed by atoms with Crippen molar-refractivity contribution in [3.63, 3.8) is 0 Å². The Morgan fingerprint density at radius 2 is 2.00 bits per heavy atom. The standard InChI is InChI=1S/C14H10BrClN2OS/c1-7-5-9(15)3-4-11(7)19-12-10-6-8(2)20-13(10)18-14(16)17-12/h3-6H,1-2H3. The van der Waals surface area contributed by atoms with Gasteiger partial charge >= 0.3 is 0 Å². The normalized spacial score (nSPS) is 11.0. The van der Waals surface area contributed by atoms with Crippen LogP contribution in [0.15, 0.2) is 28.7 Å². The van der Waals surface area contributed by atoms with Crippen molar-refractivity contribution >= 4 is 49.1 Å². The van der Waals surface area contributed by atoms with Crippen molar-refractivity contribution in [2.75, 3.05) is 0 Å². The van der Waals surface area contributed by atoms with Gasteiger partial charge in [0.1, 0.15) is 10.6 Å². The van der Waals surface area contributed by atoms with Gasteiger partial charge in [-0.25, -0.2) is 4.98 Å². The summed E-state index contributed by atoms with van der Waals surface area (Å²) in [5.41, 5.74) is 1.02. The summed E-state index contributed by atoms with van der Waals surface area (Å²) in [5.74, 6) is 1.25. The van der Waals surface area contributed by atoms with Crippen molar-refractivity contribution in [2.45, 2.75) is 13.8 Å². The van der Waals surface area contributed by atoms with Crippen molar-refractivity contribution in [2.24, 2.45) is 0 Å². The Bertz CT molecular complexity index is 803. The second kappa shape index (κ2) is 5.31. The molecule has 0 atom stereocenters. The third-order valence-electron chi connectivity index (χ3n) is 2.80. The molecule has 0 fully saturated rings. The Morgan fingerprint density at radius 3 is 2.75 bits per heavy atom. The highest BCUT2D eigenvalue weighted by atomic mass is 79.9. The monoisotopic (exact) mass is 368 g/mol. The third-order valence-corrected chi connectivity index (χ3v) is 4.40. The SMILES string of the molecule is Cc1cc2c(Oc3ccc(Br)cc3C)nc(Cl)nc2s1. The number of rotatable bonds is 2. The second-order valence-electron chi connectivity index (χ2n) is 4.39. The number of aromatic nitrogens is 2. The van der Waals surface area contributed by atoms with Crippen molar-refractivity contribution in [3.05, 3.63) is 44.5 Å². The molecule has 2 heterocycles. The van der Waals surface area contributed by atoms with E-state index in [0.29, 0.717) is 5.88 Å². The van der Waals surface area contributed by atoms with Crippen molar-refractivity contribution < 1.29 is 4.74 Å². The molecule has 20 heavy (non-hydrogen) atoms. The molecule has 0 amide bonds. The van der Waals surface area contributed by atoms with Crippen LogP contribution in [0.5, 0.6) is 11.6 Å². The fourth-order valence-corrected chi connectivity index (χ4v) is 3.46. The van der Waals surface area contributed by atoms with E-state index < -0.39 is 0 Å². The van der Waals surface area contributed by atoms with E-state index >= 15 is 0 Å². The molecule has 3 nitrogen and oxygen atoms in total. The Balaban J connectivity index is 2.10. The van der Waals surface area contributed by atoms with Gasteiger partial charge in [-0.05, 0) is 55.3 Å². The number of halogens is 2. The number of ether oxygens (including phenoxy) is 1. The molecule has 102 valence electrons. The summed E-state index contributed by atoms with van der Waals surface area (Å²) >= 11 is 11.0. The number of fused-ring (bicyclic) bond motifs is 1. The van der Waals surface area contributed by atoms with Gasteiger partial charge in [0.15, 0.2) is 0 Å². The Hall–Kier alpha value is -1.17. The number of nitrogens with zero attached hydrogens (tertiary/aromatic N) is 2. The maximum absolute atomic E-state index is 5.96. The molecular formula is C14H10BrClN2OS. The van der Waals surface area contributed by atoms with Gasteiger partial charge in [0.05, 0.1) is 5.39 Å². The number of benzene rings is 1. The number of aryl methyl sites for hydroxylation is 2. The zero-order valence-electron chi connectivity index (χ0n) is 10.8. The van der Waals surface area contributed by atoms with Gasteiger partial charge in [-0.2, -0.15) is 4.98 Å². The van der Waals surface area contributed by atoms with E-state index in [1.54, 1.807) is 11.3 Å². The van der Waals surface area contributed by atoms with E-state index in [9.17, 15) is 0 Å². The molecule has 1 aromatic carbocycles. The van der Waals surface area contributed by atoms with E-state index in [2.05, 4.69) is 25.9 Å². The summed E-state index contributed by atoms with van der Waals surface area (Å²) in [6, 6.07) is 7.84. The van der Waals surface area contributed by atoms with Gasteiger partial charge in [0.25, 0.3) is 0 Å². The molecule has 3 aromatic rings. The number of thiophene rings is 1. The molecule has 2 aromatic heterocycles. The number of hydrogen-bond acceptors (Lipinski definition) is 4. The van der Waals surface area contributed by atoms with Crippen LogP contribution in [-0.2, 0) is 0 Å². The molecule has 0 aliphatic carbocycles. The van der Waals surface area contributed by atoms with Gasteiger partial charge < -0.3 is 4.74 Å². The summed E-state index contributed by atoms with van der Waals surface area (Å²) in [6.45, 7) is 4.01. The molecule has 0 aliphatic heterocycles. The first kappa shape index (κ1) is 13.8. The highest BCUT2D eigenvalue weighted by Gasteiger charge is 2.12. The first-order valence-corrected chi connectivity index (χ1v) is 7.89. The van der Waals surface area contributed by atoms with E-state index in [1.165, 1.54) is 0 Å². The first-order chi connectivity index (χ1) is 9.52. The van der Waals surface area contributed by atoms with E-state index in [4.69, 9.17) is 16.3 Å². The molecule has 6 heteroatoms. The molecule has 0 N–H and O–H groups in total. The minimum absolute atomic E-state index is 0.198. The third kappa shape index (κ3) is 2.66. The largest absolute Gasteiger partial charge is 0.438 e. The van der Waals surface area contributed by atoms with Crippen molar-refractivity contribution in [1.82, 2.24) is 9.97 Å². The second-order valence-corrected chi connectivity index (χ2v) is 6.87.